The molecule has 4 nitrogen and oxygen atoms in total. The number of hydrogen-bond acceptors (Lipinski definition) is 2. The van der Waals surface area contributed by atoms with Crippen LogP contribution >= 0.6 is 0 Å². The SMILES string of the molecule is CCCCc1c(CCCC)n(C)c(=O)n(-c2ccccc2)c1=O. The highest BCUT2D eigenvalue weighted by atomic mass is 16.2. The minimum atomic E-state index is -0.257. The van der Waals surface area contributed by atoms with Crippen LogP contribution in [-0.2, 0) is 19.9 Å². The number of unbranched alkanes of at least 4 members (excludes halogenated alkanes) is 2. The van der Waals surface area contributed by atoms with Crippen molar-refractivity contribution < 1.29 is 0 Å². The predicted molar refractivity (Wildman–Crippen MR) is 94.5 cm³/mol. The first-order valence-electron chi connectivity index (χ1n) is 8.51. The molecule has 0 aliphatic heterocycles. The molecule has 124 valence electrons. The van der Waals surface area contributed by atoms with Crippen LogP contribution in [0.1, 0.15) is 50.8 Å². The first-order valence-corrected chi connectivity index (χ1v) is 8.51. The van der Waals surface area contributed by atoms with Crippen LogP contribution in [0.15, 0.2) is 39.9 Å². The molecule has 0 saturated carbocycles. The van der Waals surface area contributed by atoms with Gasteiger partial charge in [-0.25, -0.2) is 9.36 Å². The second-order valence-electron chi connectivity index (χ2n) is 5.95. The Balaban J connectivity index is 2.68. The van der Waals surface area contributed by atoms with Gasteiger partial charge in [0.2, 0.25) is 0 Å². The molecule has 1 heterocycles. The van der Waals surface area contributed by atoms with Crippen LogP contribution < -0.4 is 11.2 Å². The van der Waals surface area contributed by atoms with Gasteiger partial charge in [-0.3, -0.25) is 4.79 Å². The summed E-state index contributed by atoms with van der Waals surface area (Å²) < 4.78 is 2.97. The molecular weight excluding hydrogens is 288 g/mol. The summed E-state index contributed by atoms with van der Waals surface area (Å²) in [6.07, 6.45) is 5.54. The lowest BCUT2D eigenvalue weighted by Gasteiger charge is -2.16. The van der Waals surface area contributed by atoms with Crippen LogP contribution in [0.2, 0.25) is 0 Å². The quantitative estimate of drug-likeness (QED) is 0.787. The lowest BCUT2D eigenvalue weighted by atomic mass is 10.0. The molecule has 0 aliphatic rings. The highest BCUT2D eigenvalue weighted by molar-refractivity contribution is 5.33. The molecule has 0 amide bonds. The number of benzene rings is 1. The van der Waals surface area contributed by atoms with Gasteiger partial charge in [-0.1, -0.05) is 44.9 Å². The van der Waals surface area contributed by atoms with Crippen molar-refractivity contribution >= 4 is 0 Å². The summed E-state index contributed by atoms with van der Waals surface area (Å²) >= 11 is 0. The zero-order valence-corrected chi connectivity index (χ0v) is 14.3. The van der Waals surface area contributed by atoms with Crippen LogP contribution in [-0.4, -0.2) is 9.13 Å². The van der Waals surface area contributed by atoms with Crippen molar-refractivity contribution in [2.24, 2.45) is 7.05 Å². The Morgan fingerprint density at radius 1 is 0.913 bits per heavy atom. The van der Waals surface area contributed by atoms with Gasteiger partial charge < -0.3 is 4.57 Å². The molecule has 0 aliphatic carbocycles. The van der Waals surface area contributed by atoms with Gasteiger partial charge >= 0.3 is 5.69 Å². The van der Waals surface area contributed by atoms with Gasteiger partial charge in [0.15, 0.2) is 0 Å². The van der Waals surface area contributed by atoms with Gasteiger partial charge in [0.25, 0.3) is 5.56 Å². The molecular formula is C19H26N2O2. The number of nitrogens with zero attached hydrogens (tertiary/aromatic N) is 2. The Hall–Kier alpha value is -2.10. The van der Waals surface area contributed by atoms with Crippen molar-refractivity contribution in [3.8, 4) is 5.69 Å². The average molecular weight is 314 g/mol. The fraction of sp³-hybridized carbons (Fsp3) is 0.474. The van der Waals surface area contributed by atoms with Crippen LogP contribution in [0.3, 0.4) is 0 Å². The summed E-state index contributed by atoms with van der Waals surface area (Å²) in [5, 5.41) is 0. The van der Waals surface area contributed by atoms with Gasteiger partial charge in [-0.2, -0.15) is 0 Å². The van der Waals surface area contributed by atoms with Crippen LogP contribution in [0.4, 0.5) is 0 Å². The van der Waals surface area contributed by atoms with Crippen LogP contribution in [0, 0.1) is 0 Å². The van der Waals surface area contributed by atoms with E-state index < -0.39 is 0 Å². The average Bonchev–Trinajstić information content (AvgIpc) is 2.57. The van der Waals surface area contributed by atoms with E-state index in [9.17, 15) is 9.59 Å². The molecule has 0 N–H and O–H groups in total. The Labute approximate surface area is 137 Å². The molecule has 0 bridgehead atoms. The highest BCUT2D eigenvalue weighted by Crippen LogP contribution is 2.11. The first-order chi connectivity index (χ1) is 11.1. The number of aromatic nitrogens is 2. The Bertz CT molecular complexity index is 757. The molecule has 0 saturated heterocycles. The van der Waals surface area contributed by atoms with E-state index in [1.807, 2.05) is 18.2 Å². The van der Waals surface area contributed by atoms with Crippen molar-refractivity contribution in [3.05, 3.63) is 62.4 Å². The summed E-state index contributed by atoms with van der Waals surface area (Å²) in [6, 6.07) is 9.18. The number of hydrogen-bond donors (Lipinski definition) is 0. The third-order valence-corrected chi connectivity index (χ3v) is 4.25. The van der Waals surface area contributed by atoms with E-state index in [2.05, 4.69) is 13.8 Å². The fourth-order valence-corrected chi connectivity index (χ4v) is 2.89. The van der Waals surface area contributed by atoms with Gasteiger partial charge in [0, 0.05) is 18.3 Å². The number of para-hydroxylation sites is 1. The second kappa shape index (κ2) is 7.95. The van der Waals surface area contributed by atoms with E-state index >= 15 is 0 Å². The summed E-state index contributed by atoms with van der Waals surface area (Å²) in [6.45, 7) is 4.23. The summed E-state index contributed by atoms with van der Waals surface area (Å²) in [5.74, 6) is 0. The maximum Gasteiger partial charge on any atom is 0.335 e. The smallest absolute Gasteiger partial charge is 0.300 e. The predicted octanol–water partition coefficient (Wildman–Crippen LogP) is 3.22. The highest BCUT2D eigenvalue weighted by Gasteiger charge is 2.17. The molecule has 2 rings (SSSR count). The third kappa shape index (κ3) is 3.63. The molecule has 0 atom stereocenters. The Morgan fingerprint density at radius 2 is 1.52 bits per heavy atom. The van der Waals surface area contributed by atoms with Crippen LogP contribution in [0.25, 0.3) is 5.69 Å². The molecule has 0 spiro atoms. The summed E-state index contributed by atoms with van der Waals surface area (Å²) in [5.41, 5.74) is 1.93. The van der Waals surface area contributed by atoms with E-state index in [-0.39, 0.29) is 11.2 Å². The Kier molecular flexibility index (Phi) is 5.97. The van der Waals surface area contributed by atoms with E-state index in [0.29, 0.717) is 5.69 Å². The topological polar surface area (TPSA) is 44.0 Å². The van der Waals surface area contributed by atoms with Crippen LogP contribution in [0.5, 0.6) is 0 Å². The molecule has 4 heteroatoms. The summed E-state index contributed by atoms with van der Waals surface area (Å²) in [4.78, 5) is 25.7. The fourth-order valence-electron chi connectivity index (χ4n) is 2.89. The lowest BCUT2D eigenvalue weighted by molar-refractivity contribution is 0.631. The van der Waals surface area contributed by atoms with Crippen molar-refractivity contribution in [1.29, 1.82) is 0 Å². The maximum absolute atomic E-state index is 13.0. The minimum Gasteiger partial charge on any atom is -0.300 e. The number of rotatable bonds is 7. The van der Waals surface area contributed by atoms with Gasteiger partial charge in [0.1, 0.15) is 0 Å². The Morgan fingerprint density at radius 3 is 2.13 bits per heavy atom. The van der Waals surface area contributed by atoms with Crippen molar-refractivity contribution in [2.45, 2.75) is 52.4 Å². The van der Waals surface area contributed by atoms with Crippen molar-refractivity contribution in [3.63, 3.8) is 0 Å². The van der Waals surface area contributed by atoms with Crippen molar-refractivity contribution in [2.75, 3.05) is 0 Å². The standard InChI is InChI=1S/C19H26N2O2/c1-4-6-13-16-17(14-7-5-2)20(3)19(23)21(18(16)22)15-11-9-8-10-12-15/h8-12H,4-7,13-14H2,1-3H3. The monoisotopic (exact) mass is 314 g/mol. The molecule has 23 heavy (non-hydrogen) atoms. The van der Waals surface area contributed by atoms with E-state index in [0.717, 1.165) is 49.8 Å². The molecule has 0 fully saturated rings. The van der Waals surface area contributed by atoms with Gasteiger partial charge in [-0.15, -0.1) is 0 Å². The van der Waals surface area contributed by atoms with Gasteiger partial charge in [0.05, 0.1) is 5.69 Å². The molecule has 1 aromatic carbocycles. The zero-order chi connectivity index (χ0) is 16.8. The molecule has 1 aromatic heterocycles. The lowest BCUT2D eigenvalue weighted by Crippen LogP contribution is -2.41. The molecule has 2 aromatic rings. The van der Waals surface area contributed by atoms with E-state index in [1.54, 1.807) is 23.7 Å². The van der Waals surface area contributed by atoms with Crippen molar-refractivity contribution in [1.82, 2.24) is 9.13 Å². The minimum absolute atomic E-state index is 0.154. The third-order valence-electron chi connectivity index (χ3n) is 4.25. The van der Waals surface area contributed by atoms with Gasteiger partial charge in [-0.05, 0) is 37.8 Å². The largest absolute Gasteiger partial charge is 0.335 e. The normalized spacial score (nSPS) is 10.9. The van der Waals surface area contributed by atoms with E-state index in [4.69, 9.17) is 0 Å². The molecule has 0 radical (unpaired) electrons. The van der Waals surface area contributed by atoms with E-state index in [1.165, 1.54) is 4.57 Å². The summed E-state index contributed by atoms with van der Waals surface area (Å²) in [7, 11) is 1.78. The second-order valence-corrected chi connectivity index (χ2v) is 5.95. The maximum atomic E-state index is 13.0. The molecule has 0 unspecified atom stereocenters. The first kappa shape index (κ1) is 17.3. The zero-order valence-electron chi connectivity index (χ0n) is 14.3.